The number of carbonyl (C=O) groups excluding carboxylic acids is 1. The second kappa shape index (κ2) is 6.75. The van der Waals surface area contributed by atoms with E-state index in [0.717, 1.165) is 6.42 Å². The summed E-state index contributed by atoms with van der Waals surface area (Å²) in [5, 5.41) is 0. The molecule has 2 aromatic rings. The molecule has 0 aromatic heterocycles. The van der Waals surface area contributed by atoms with Crippen LogP contribution >= 0.6 is 0 Å². The zero-order chi connectivity index (χ0) is 15.4. The van der Waals surface area contributed by atoms with Crippen molar-refractivity contribution >= 4 is 5.97 Å². The van der Waals surface area contributed by atoms with E-state index in [4.69, 9.17) is 9.47 Å². The van der Waals surface area contributed by atoms with Gasteiger partial charge in [-0.05, 0) is 23.1 Å². The molecule has 1 fully saturated rings. The molecule has 2 aromatic carbocycles. The normalized spacial score (nSPS) is 21.3. The number of hydrogen-bond donors (Lipinski definition) is 0. The molecule has 2 atom stereocenters. The average molecular weight is 296 g/mol. The minimum atomic E-state index is -0.207. The number of rotatable bonds is 3. The second-order valence-corrected chi connectivity index (χ2v) is 5.59. The molecule has 1 aliphatic rings. The van der Waals surface area contributed by atoms with Crippen LogP contribution < -0.4 is 0 Å². The van der Waals surface area contributed by atoms with Crippen molar-refractivity contribution in [2.45, 2.75) is 12.3 Å². The van der Waals surface area contributed by atoms with E-state index in [-0.39, 0.29) is 17.8 Å². The van der Waals surface area contributed by atoms with Gasteiger partial charge in [-0.2, -0.15) is 0 Å². The summed E-state index contributed by atoms with van der Waals surface area (Å²) in [6.07, 6.45) is 0.852. The Morgan fingerprint density at radius 1 is 1.05 bits per heavy atom. The van der Waals surface area contributed by atoms with Crippen molar-refractivity contribution in [2.75, 3.05) is 20.3 Å². The summed E-state index contributed by atoms with van der Waals surface area (Å²) < 4.78 is 10.4. The lowest BCUT2D eigenvalue weighted by molar-refractivity contribution is -0.150. The molecule has 1 heterocycles. The van der Waals surface area contributed by atoms with Crippen molar-refractivity contribution in [2.24, 2.45) is 5.92 Å². The molecule has 114 valence electrons. The minimum absolute atomic E-state index is 0.172. The molecule has 0 bridgehead atoms. The maximum absolute atomic E-state index is 11.9. The highest BCUT2D eigenvalue weighted by Crippen LogP contribution is 2.33. The Bertz CT molecular complexity index is 619. The van der Waals surface area contributed by atoms with Crippen LogP contribution in [0.4, 0.5) is 0 Å². The Balaban J connectivity index is 1.83. The van der Waals surface area contributed by atoms with Gasteiger partial charge in [0.1, 0.15) is 0 Å². The molecule has 1 saturated heterocycles. The summed E-state index contributed by atoms with van der Waals surface area (Å²) in [5.74, 6) is -0.218. The van der Waals surface area contributed by atoms with E-state index in [9.17, 15) is 4.79 Å². The predicted octanol–water partition coefficient (Wildman–Crippen LogP) is 3.65. The molecule has 0 radical (unpaired) electrons. The lowest BCUT2D eigenvalue weighted by atomic mass is 9.82. The van der Waals surface area contributed by atoms with Crippen molar-refractivity contribution in [3.05, 3.63) is 60.2 Å². The first-order chi connectivity index (χ1) is 10.8. The fraction of sp³-hybridized carbons (Fsp3) is 0.316. The molecule has 0 aliphatic carbocycles. The van der Waals surface area contributed by atoms with Gasteiger partial charge in [-0.25, -0.2) is 0 Å². The molecule has 22 heavy (non-hydrogen) atoms. The number of esters is 1. The van der Waals surface area contributed by atoms with Gasteiger partial charge < -0.3 is 9.47 Å². The quantitative estimate of drug-likeness (QED) is 0.811. The predicted molar refractivity (Wildman–Crippen MR) is 85.6 cm³/mol. The average Bonchev–Trinajstić information content (AvgIpc) is 2.62. The van der Waals surface area contributed by atoms with Crippen LogP contribution in [0.1, 0.15) is 17.9 Å². The summed E-state index contributed by atoms with van der Waals surface area (Å²) >= 11 is 0. The van der Waals surface area contributed by atoms with Crippen LogP contribution in [-0.4, -0.2) is 26.3 Å². The minimum Gasteiger partial charge on any atom is -0.469 e. The summed E-state index contributed by atoms with van der Waals surface area (Å²) in [7, 11) is 1.44. The van der Waals surface area contributed by atoms with Gasteiger partial charge in [0.15, 0.2) is 0 Å². The topological polar surface area (TPSA) is 35.5 Å². The van der Waals surface area contributed by atoms with Gasteiger partial charge in [0, 0.05) is 12.5 Å². The van der Waals surface area contributed by atoms with Crippen molar-refractivity contribution in [3.63, 3.8) is 0 Å². The van der Waals surface area contributed by atoms with Crippen molar-refractivity contribution < 1.29 is 14.3 Å². The first-order valence-corrected chi connectivity index (χ1v) is 7.60. The molecule has 3 nitrogen and oxygen atoms in total. The zero-order valence-corrected chi connectivity index (χ0v) is 12.7. The number of methoxy groups -OCH3 is 1. The number of carbonyl (C=O) groups is 1. The van der Waals surface area contributed by atoms with Gasteiger partial charge in [0.05, 0.1) is 19.6 Å². The maximum Gasteiger partial charge on any atom is 0.311 e. The molecule has 0 unspecified atom stereocenters. The fourth-order valence-corrected chi connectivity index (χ4v) is 3.07. The van der Waals surface area contributed by atoms with E-state index in [2.05, 4.69) is 36.4 Å². The first-order valence-electron chi connectivity index (χ1n) is 7.60. The standard InChI is InChI=1S/C19H20O3/c1-21-19(20)18-13-22-12-11-17(18)16-9-7-15(8-10-16)14-5-3-2-4-6-14/h2-10,17-18H,11-13H2,1H3/t17-,18+/m1/s1. The molecule has 3 heteroatoms. The van der Waals surface area contributed by atoms with Crippen molar-refractivity contribution in [3.8, 4) is 11.1 Å². The van der Waals surface area contributed by atoms with Crippen LogP contribution in [0, 0.1) is 5.92 Å². The highest BCUT2D eigenvalue weighted by atomic mass is 16.5. The third-order valence-corrected chi connectivity index (χ3v) is 4.31. The maximum atomic E-state index is 11.9. The number of ether oxygens (including phenoxy) is 2. The Morgan fingerprint density at radius 2 is 1.73 bits per heavy atom. The van der Waals surface area contributed by atoms with Gasteiger partial charge in [-0.3, -0.25) is 4.79 Å². The van der Waals surface area contributed by atoms with Gasteiger partial charge in [0.25, 0.3) is 0 Å². The van der Waals surface area contributed by atoms with E-state index in [0.29, 0.717) is 13.2 Å². The summed E-state index contributed by atoms with van der Waals surface area (Å²) in [6.45, 7) is 1.14. The van der Waals surface area contributed by atoms with Crippen LogP contribution in [-0.2, 0) is 14.3 Å². The Labute approximate surface area is 130 Å². The molecule has 3 rings (SSSR count). The molecular weight excluding hydrogens is 276 g/mol. The van der Waals surface area contributed by atoms with Crippen LogP contribution in [0.3, 0.4) is 0 Å². The lowest BCUT2D eigenvalue weighted by Crippen LogP contribution is -2.33. The monoisotopic (exact) mass is 296 g/mol. The van der Waals surface area contributed by atoms with Gasteiger partial charge in [-0.1, -0.05) is 54.6 Å². The molecule has 0 amide bonds. The highest BCUT2D eigenvalue weighted by molar-refractivity contribution is 5.74. The van der Waals surface area contributed by atoms with E-state index < -0.39 is 0 Å². The van der Waals surface area contributed by atoms with Crippen LogP contribution in [0.25, 0.3) is 11.1 Å². The van der Waals surface area contributed by atoms with E-state index in [1.54, 1.807) is 0 Å². The van der Waals surface area contributed by atoms with Crippen molar-refractivity contribution in [1.29, 1.82) is 0 Å². The molecular formula is C19H20O3. The first kappa shape index (κ1) is 14.8. The van der Waals surface area contributed by atoms with Crippen molar-refractivity contribution in [1.82, 2.24) is 0 Å². The molecule has 1 aliphatic heterocycles. The molecule has 0 spiro atoms. The third-order valence-electron chi connectivity index (χ3n) is 4.31. The SMILES string of the molecule is COC(=O)[C@H]1COCC[C@@H]1c1ccc(-c2ccccc2)cc1. The second-order valence-electron chi connectivity index (χ2n) is 5.59. The van der Waals surface area contributed by atoms with E-state index >= 15 is 0 Å². The van der Waals surface area contributed by atoms with E-state index in [1.165, 1.54) is 23.8 Å². The van der Waals surface area contributed by atoms with Gasteiger partial charge >= 0.3 is 5.97 Å². The zero-order valence-electron chi connectivity index (χ0n) is 12.7. The highest BCUT2D eigenvalue weighted by Gasteiger charge is 2.33. The Morgan fingerprint density at radius 3 is 2.41 bits per heavy atom. The summed E-state index contributed by atoms with van der Waals surface area (Å²) in [4.78, 5) is 11.9. The van der Waals surface area contributed by atoms with Crippen LogP contribution in [0.5, 0.6) is 0 Å². The molecule has 0 saturated carbocycles. The fourth-order valence-electron chi connectivity index (χ4n) is 3.07. The van der Waals surface area contributed by atoms with Crippen LogP contribution in [0.15, 0.2) is 54.6 Å². The largest absolute Gasteiger partial charge is 0.469 e. The number of hydrogen-bond acceptors (Lipinski definition) is 3. The van der Waals surface area contributed by atoms with Crippen LogP contribution in [0.2, 0.25) is 0 Å². The summed E-state index contributed by atoms with van der Waals surface area (Å²) in [6, 6.07) is 18.8. The molecule has 0 N–H and O–H groups in total. The third kappa shape index (κ3) is 3.04. The Hall–Kier alpha value is -2.13. The lowest BCUT2D eigenvalue weighted by Gasteiger charge is -2.30. The van der Waals surface area contributed by atoms with E-state index in [1.807, 2.05) is 18.2 Å². The van der Waals surface area contributed by atoms with Gasteiger partial charge in [0.2, 0.25) is 0 Å². The Kier molecular flexibility index (Phi) is 4.54. The smallest absolute Gasteiger partial charge is 0.311 e. The summed E-state index contributed by atoms with van der Waals surface area (Å²) in [5.41, 5.74) is 3.56. The van der Waals surface area contributed by atoms with Gasteiger partial charge in [-0.15, -0.1) is 0 Å². The number of benzene rings is 2.